The fraction of sp³-hybridized carbons (Fsp3) is 0.133. The highest BCUT2D eigenvalue weighted by atomic mass is 16.5. The van der Waals surface area contributed by atoms with Gasteiger partial charge in [-0.3, -0.25) is 0 Å². The molecule has 0 radical (unpaired) electrons. The summed E-state index contributed by atoms with van der Waals surface area (Å²) in [6.45, 7) is 0. The maximum absolute atomic E-state index is 11.4. The zero-order valence-electron chi connectivity index (χ0n) is 9.72. The molecule has 0 unspecified atom stereocenters. The lowest BCUT2D eigenvalue weighted by atomic mass is 9.98. The van der Waals surface area contributed by atoms with Crippen LogP contribution < -0.4 is 4.74 Å². The van der Waals surface area contributed by atoms with Crippen LogP contribution >= 0.6 is 0 Å². The van der Waals surface area contributed by atoms with Crippen molar-refractivity contribution in [1.29, 1.82) is 0 Å². The first-order valence-corrected chi connectivity index (χ1v) is 5.87. The van der Waals surface area contributed by atoms with Crippen LogP contribution in [0, 0.1) is 0 Å². The van der Waals surface area contributed by atoms with Crippen LogP contribution in [0.4, 0.5) is 0 Å². The van der Waals surface area contributed by atoms with Crippen molar-refractivity contribution in [2.75, 3.05) is 0 Å². The summed E-state index contributed by atoms with van der Waals surface area (Å²) >= 11 is 0. The zero-order valence-corrected chi connectivity index (χ0v) is 9.72. The van der Waals surface area contributed by atoms with Crippen molar-refractivity contribution in [3.05, 3.63) is 59.4 Å². The van der Waals surface area contributed by atoms with Gasteiger partial charge in [-0.25, -0.2) is 4.79 Å². The van der Waals surface area contributed by atoms with Crippen molar-refractivity contribution in [3.63, 3.8) is 0 Å². The number of hydrogen-bond acceptors (Lipinski definition) is 2. The Morgan fingerprint density at radius 1 is 1.28 bits per heavy atom. The van der Waals surface area contributed by atoms with Crippen molar-refractivity contribution < 1.29 is 14.6 Å². The molecule has 0 atom stereocenters. The number of carbonyl (C=O) groups is 1. The molecule has 1 aromatic rings. The van der Waals surface area contributed by atoms with Gasteiger partial charge in [-0.05, 0) is 36.6 Å². The number of allylic oxidation sites excluding steroid dienone is 4. The molecule has 18 heavy (non-hydrogen) atoms. The van der Waals surface area contributed by atoms with Gasteiger partial charge in [0.25, 0.3) is 0 Å². The average Bonchev–Trinajstić information content (AvgIpc) is 2.55. The first-order valence-electron chi connectivity index (χ1n) is 5.87. The summed E-state index contributed by atoms with van der Waals surface area (Å²) in [6.07, 6.45) is 7.42. The van der Waals surface area contributed by atoms with Crippen molar-refractivity contribution in [2.24, 2.45) is 0 Å². The third-order valence-corrected chi connectivity index (χ3v) is 3.11. The topological polar surface area (TPSA) is 46.5 Å². The van der Waals surface area contributed by atoms with Crippen molar-refractivity contribution in [1.82, 2.24) is 0 Å². The first kappa shape index (κ1) is 10.8. The highest BCUT2D eigenvalue weighted by Gasteiger charge is 2.22. The third-order valence-electron chi connectivity index (χ3n) is 3.11. The van der Waals surface area contributed by atoms with Crippen LogP contribution in [0.25, 0.3) is 5.57 Å². The minimum Gasteiger partial charge on any atom is -0.478 e. The minimum atomic E-state index is -0.922. The molecule has 0 bridgehead atoms. The van der Waals surface area contributed by atoms with Crippen LogP contribution in [-0.2, 0) is 4.79 Å². The third kappa shape index (κ3) is 1.74. The fourth-order valence-corrected chi connectivity index (χ4v) is 2.23. The van der Waals surface area contributed by atoms with Gasteiger partial charge in [0.2, 0.25) is 0 Å². The van der Waals surface area contributed by atoms with E-state index in [1.165, 1.54) is 0 Å². The van der Waals surface area contributed by atoms with Gasteiger partial charge >= 0.3 is 5.97 Å². The summed E-state index contributed by atoms with van der Waals surface area (Å²) in [5, 5.41) is 9.34. The van der Waals surface area contributed by atoms with Crippen LogP contribution in [0.1, 0.15) is 18.4 Å². The largest absolute Gasteiger partial charge is 0.478 e. The van der Waals surface area contributed by atoms with Crippen LogP contribution in [0.2, 0.25) is 0 Å². The monoisotopic (exact) mass is 240 g/mol. The van der Waals surface area contributed by atoms with Crippen LogP contribution in [0.3, 0.4) is 0 Å². The number of para-hydroxylation sites is 1. The number of carboxylic acids is 1. The lowest BCUT2D eigenvalue weighted by Gasteiger charge is -2.12. The summed E-state index contributed by atoms with van der Waals surface area (Å²) in [5.74, 6) is 0.432. The Labute approximate surface area is 105 Å². The van der Waals surface area contributed by atoms with Gasteiger partial charge < -0.3 is 9.84 Å². The molecule has 1 aromatic carbocycles. The molecule has 3 heteroatoms. The SMILES string of the molecule is O=C(O)C1=CC2=C(C=CCC2)Oc2ccccc21. The predicted molar refractivity (Wildman–Crippen MR) is 68.1 cm³/mol. The Balaban J connectivity index is 2.21. The summed E-state index contributed by atoms with van der Waals surface area (Å²) in [5.41, 5.74) is 1.88. The first-order chi connectivity index (χ1) is 8.75. The van der Waals surface area contributed by atoms with E-state index in [9.17, 15) is 9.90 Å². The van der Waals surface area contributed by atoms with Gasteiger partial charge in [0.15, 0.2) is 0 Å². The minimum absolute atomic E-state index is 0.297. The zero-order chi connectivity index (χ0) is 12.5. The average molecular weight is 240 g/mol. The molecule has 90 valence electrons. The molecule has 1 aliphatic carbocycles. The molecular formula is C15H12O3. The van der Waals surface area contributed by atoms with Gasteiger partial charge in [-0.2, -0.15) is 0 Å². The van der Waals surface area contributed by atoms with E-state index < -0.39 is 5.97 Å². The van der Waals surface area contributed by atoms with Gasteiger partial charge in [0, 0.05) is 5.56 Å². The molecule has 2 aliphatic rings. The second-order valence-electron chi connectivity index (χ2n) is 4.29. The Hall–Kier alpha value is -2.29. The summed E-state index contributed by atoms with van der Waals surface area (Å²) < 4.78 is 5.82. The molecular weight excluding hydrogens is 228 g/mol. The Morgan fingerprint density at radius 2 is 2.11 bits per heavy atom. The second-order valence-corrected chi connectivity index (χ2v) is 4.29. The second kappa shape index (κ2) is 4.18. The van der Waals surface area contributed by atoms with E-state index in [0.29, 0.717) is 16.9 Å². The molecule has 0 saturated heterocycles. The molecule has 1 N–H and O–H groups in total. The molecule has 1 aliphatic heterocycles. The van der Waals surface area contributed by atoms with E-state index in [1.807, 2.05) is 24.3 Å². The molecule has 3 rings (SSSR count). The summed E-state index contributed by atoms with van der Waals surface area (Å²) in [7, 11) is 0. The van der Waals surface area contributed by atoms with E-state index in [-0.39, 0.29) is 0 Å². The molecule has 0 saturated carbocycles. The number of aliphatic carboxylic acids is 1. The van der Waals surface area contributed by atoms with E-state index in [4.69, 9.17) is 4.74 Å². The lowest BCUT2D eigenvalue weighted by molar-refractivity contribution is -0.130. The van der Waals surface area contributed by atoms with E-state index >= 15 is 0 Å². The highest BCUT2D eigenvalue weighted by molar-refractivity contribution is 6.17. The number of fused-ring (bicyclic) bond motifs is 1. The smallest absolute Gasteiger partial charge is 0.336 e. The van der Waals surface area contributed by atoms with Gasteiger partial charge in [-0.15, -0.1) is 0 Å². The quantitative estimate of drug-likeness (QED) is 0.820. The molecule has 0 fully saturated rings. The van der Waals surface area contributed by atoms with Crippen molar-refractivity contribution >= 4 is 11.5 Å². The van der Waals surface area contributed by atoms with Gasteiger partial charge in [0.05, 0.1) is 5.57 Å². The highest BCUT2D eigenvalue weighted by Crippen LogP contribution is 2.35. The van der Waals surface area contributed by atoms with E-state index in [0.717, 1.165) is 24.2 Å². The Bertz CT molecular complexity index is 606. The Morgan fingerprint density at radius 3 is 2.94 bits per heavy atom. The van der Waals surface area contributed by atoms with Gasteiger partial charge in [0.1, 0.15) is 11.5 Å². The maximum Gasteiger partial charge on any atom is 0.336 e. The van der Waals surface area contributed by atoms with Crippen LogP contribution in [-0.4, -0.2) is 11.1 Å². The summed E-state index contributed by atoms with van der Waals surface area (Å²) in [6, 6.07) is 7.23. The van der Waals surface area contributed by atoms with E-state index in [1.54, 1.807) is 18.2 Å². The standard InChI is InChI=1S/C15H12O3/c16-15(17)12-9-10-5-1-3-7-13(10)18-14-8-4-2-6-11(12)14/h2-4,6-9H,1,5H2,(H,16,17). The predicted octanol–water partition coefficient (Wildman–Crippen LogP) is 3.15. The van der Waals surface area contributed by atoms with Crippen molar-refractivity contribution in [3.8, 4) is 5.75 Å². The number of hydrogen-bond donors (Lipinski definition) is 1. The molecule has 0 aromatic heterocycles. The van der Waals surface area contributed by atoms with Crippen LogP contribution in [0.5, 0.6) is 5.75 Å². The number of carboxylic acid groups (broad SMARTS) is 1. The molecule has 3 nitrogen and oxygen atoms in total. The lowest BCUT2D eigenvalue weighted by Crippen LogP contribution is -2.00. The fourth-order valence-electron chi connectivity index (χ4n) is 2.23. The van der Waals surface area contributed by atoms with Gasteiger partial charge in [-0.1, -0.05) is 24.3 Å². The molecule has 0 amide bonds. The number of ether oxygens (including phenoxy) is 1. The summed E-state index contributed by atoms with van der Waals surface area (Å²) in [4.78, 5) is 11.4. The molecule has 0 spiro atoms. The van der Waals surface area contributed by atoms with Crippen molar-refractivity contribution in [2.45, 2.75) is 12.8 Å². The number of benzene rings is 1. The number of rotatable bonds is 1. The Kier molecular flexibility index (Phi) is 2.52. The molecule has 1 heterocycles. The normalized spacial score (nSPS) is 17.2. The maximum atomic E-state index is 11.4. The van der Waals surface area contributed by atoms with Crippen LogP contribution in [0.15, 0.2) is 53.8 Å². The van der Waals surface area contributed by atoms with E-state index in [2.05, 4.69) is 0 Å².